The van der Waals surface area contributed by atoms with Crippen LogP contribution >= 0.6 is 66.5 Å². The molecule has 0 aliphatic heterocycles. The van der Waals surface area contributed by atoms with E-state index in [2.05, 4.69) is 3.90 Å². The SMILES string of the molecule is [SiH3]N([SiH3])[SiH2]N([Si](Cl)(Cl)Cl)[Si](Cl)(Cl)Cl. The summed E-state index contributed by atoms with van der Waals surface area (Å²) in [5, 5.41) is 0. The molecule has 0 aliphatic rings. The molecule has 0 saturated carbocycles. The van der Waals surface area contributed by atoms with Crippen LogP contribution in [0.3, 0.4) is 0 Å². The average molecular weight is 389 g/mol. The number of hydrogen-bond donors (Lipinski definition) is 0. The normalized spacial score (nSPS) is 15.7. The van der Waals surface area contributed by atoms with Crippen LogP contribution in [0, 0.1) is 0 Å². The zero-order valence-corrected chi connectivity index (χ0v) is 18.8. The Morgan fingerprint density at radius 1 is 0.846 bits per heavy atom. The van der Waals surface area contributed by atoms with E-state index < -0.39 is 22.2 Å². The third kappa shape index (κ3) is 6.82. The molecule has 13 heteroatoms. The lowest BCUT2D eigenvalue weighted by Crippen LogP contribution is -2.57. The van der Waals surface area contributed by atoms with E-state index >= 15 is 0 Å². The molecule has 0 atom stereocenters. The predicted molar refractivity (Wildman–Crippen MR) is 78.7 cm³/mol. The summed E-state index contributed by atoms with van der Waals surface area (Å²) in [6.45, 7) is 0. The Morgan fingerprint density at radius 3 is 1.23 bits per heavy atom. The van der Waals surface area contributed by atoms with Gasteiger partial charge in [0, 0.05) is 0 Å². The maximum absolute atomic E-state index is 5.84. The minimum Gasteiger partial charge on any atom is -0.376 e. The average Bonchev–Trinajstić information content (AvgIpc) is 1.77. The van der Waals surface area contributed by atoms with E-state index in [-0.39, 0.29) is 0 Å². The van der Waals surface area contributed by atoms with Gasteiger partial charge in [0.05, 0.1) is 20.8 Å². The minimum atomic E-state index is -3.00. The van der Waals surface area contributed by atoms with Gasteiger partial charge in [-0.3, -0.25) is 3.90 Å². The molecule has 0 aromatic heterocycles. The van der Waals surface area contributed by atoms with E-state index in [1.165, 1.54) is 0 Å². The van der Waals surface area contributed by atoms with E-state index in [0.717, 1.165) is 20.8 Å². The van der Waals surface area contributed by atoms with Crippen molar-refractivity contribution in [2.24, 2.45) is 0 Å². The quantitative estimate of drug-likeness (QED) is 0.471. The van der Waals surface area contributed by atoms with Crippen LogP contribution in [0.5, 0.6) is 0 Å². The molecule has 0 saturated heterocycles. The Balaban J connectivity index is 4.58. The molecule has 0 spiro atoms. The van der Waals surface area contributed by atoms with Gasteiger partial charge >= 0.3 is 12.3 Å². The van der Waals surface area contributed by atoms with Crippen LogP contribution in [0.25, 0.3) is 0 Å². The fraction of sp³-hybridized carbons (Fsp3) is 0. The van der Waals surface area contributed by atoms with Gasteiger partial charge in [0.1, 0.15) is 0 Å². The largest absolute Gasteiger partial charge is 0.414 e. The van der Waals surface area contributed by atoms with Crippen LogP contribution in [0.4, 0.5) is 0 Å². The molecule has 0 aromatic rings. The second-order valence-corrected chi connectivity index (χ2v) is 30.1. The van der Waals surface area contributed by atoms with Gasteiger partial charge in [-0.25, -0.2) is 0 Å². The van der Waals surface area contributed by atoms with Crippen molar-refractivity contribution in [3.05, 3.63) is 0 Å². The van der Waals surface area contributed by atoms with Gasteiger partial charge in [0.2, 0.25) is 0 Å². The van der Waals surface area contributed by atoms with Crippen LogP contribution in [0.1, 0.15) is 0 Å². The number of rotatable bonds is 4. The van der Waals surface area contributed by atoms with Gasteiger partial charge in [-0.1, -0.05) is 0 Å². The fourth-order valence-electron chi connectivity index (χ4n) is 0.587. The molecule has 0 rings (SSSR count). The minimum absolute atomic E-state index is 0.826. The first-order chi connectivity index (χ1) is 5.55. The van der Waals surface area contributed by atoms with Gasteiger partial charge < -0.3 is 3.90 Å². The van der Waals surface area contributed by atoms with E-state index in [1.54, 1.807) is 3.90 Å². The highest BCUT2D eigenvalue weighted by molar-refractivity contribution is 7.73. The molecule has 0 aromatic carbocycles. The van der Waals surface area contributed by atoms with Gasteiger partial charge in [-0.2, -0.15) is 0 Å². The molecule has 80 valence electrons. The summed E-state index contributed by atoms with van der Waals surface area (Å²) in [6.07, 6.45) is -6.01. The summed E-state index contributed by atoms with van der Waals surface area (Å²) in [7, 11) is 1.06. The Hall–Kier alpha value is 2.74. The summed E-state index contributed by atoms with van der Waals surface area (Å²) >= 11 is 35.1. The van der Waals surface area contributed by atoms with Crippen molar-refractivity contribution in [2.75, 3.05) is 0 Å². The van der Waals surface area contributed by atoms with Crippen LogP contribution < -0.4 is 0 Å². The third-order valence-electron chi connectivity index (χ3n) is 1.04. The standard InChI is InChI=1S/Cl6H8N2Si5/c1-12(2,3)8(11-7(9)10)13(4,5)6/h11H2,9-10H3. The summed E-state index contributed by atoms with van der Waals surface area (Å²) in [5.74, 6) is 0. The first kappa shape index (κ1) is 15.7. The summed E-state index contributed by atoms with van der Waals surface area (Å²) in [5.41, 5.74) is 0. The lowest BCUT2D eigenvalue weighted by molar-refractivity contribution is 0.971. The molecule has 0 N–H and O–H groups in total. The molecule has 0 heterocycles. The van der Waals surface area contributed by atoms with E-state index in [4.69, 9.17) is 66.5 Å². The van der Waals surface area contributed by atoms with E-state index in [0.29, 0.717) is 0 Å². The van der Waals surface area contributed by atoms with E-state index in [1.807, 2.05) is 0 Å². The molecular weight excluding hydrogens is 381 g/mol. The molecule has 0 fully saturated rings. The topological polar surface area (TPSA) is 6.48 Å². The van der Waals surface area contributed by atoms with Crippen molar-refractivity contribution in [2.45, 2.75) is 0 Å². The molecule has 0 unspecified atom stereocenters. The lowest BCUT2D eigenvalue weighted by Gasteiger charge is -2.34. The summed E-state index contributed by atoms with van der Waals surface area (Å²) in [6, 6.07) is 0. The van der Waals surface area contributed by atoms with Crippen molar-refractivity contribution >= 4 is 109 Å². The van der Waals surface area contributed by atoms with E-state index in [9.17, 15) is 0 Å². The first-order valence-corrected chi connectivity index (χ1v) is 16.1. The van der Waals surface area contributed by atoms with Crippen LogP contribution in [-0.4, -0.2) is 50.8 Å². The highest BCUT2D eigenvalue weighted by Gasteiger charge is 2.48. The molecule has 2 nitrogen and oxygen atoms in total. The zero-order valence-electron chi connectivity index (χ0n) is 6.87. The Morgan fingerprint density at radius 2 is 1.15 bits per heavy atom. The summed E-state index contributed by atoms with van der Waals surface area (Å²) in [4.78, 5) is 0. The maximum atomic E-state index is 5.84. The number of hydrogen-bond acceptors (Lipinski definition) is 2. The molecular formula is H8Cl6N2Si5. The molecule has 0 radical (unpaired) electrons. The van der Waals surface area contributed by atoms with Gasteiger partial charge in [0.15, 0.2) is 9.84 Å². The zero-order chi connectivity index (χ0) is 10.9. The Labute approximate surface area is 116 Å². The van der Waals surface area contributed by atoms with Gasteiger partial charge in [-0.15, -0.1) is 66.5 Å². The second kappa shape index (κ2) is 5.89. The maximum Gasteiger partial charge on any atom is 0.414 e. The second-order valence-electron chi connectivity index (χ2n) is 2.58. The summed E-state index contributed by atoms with van der Waals surface area (Å²) < 4.78 is 3.78. The van der Waals surface area contributed by atoms with Crippen molar-refractivity contribution < 1.29 is 0 Å². The number of halogens is 6. The fourth-order valence-corrected chi connectivity index (χ4v) is 23.6. The highest BCUT2D eigenvalue weighted by Crippen LogP contribution is 2.35. The van der Waals surface area contributed by atoms with Crippen LogP contribution in [0.2, 0.25) is 0 Å². The third-order valence-corrected chi connectivity index (χ3v) is 20.3. The molecule has 0 amide bonds. The number of nitrogens with zero attached hydrogens (tertiary/aromatic N) is 2. The van der Waals surface area contributed by atoms with Crippen LogP contribution in [0.15, 0.2) is 0 Å². The van der Waals surface area contributed by atoms with Crippen molar-refractivity contribution in [1.82, 2.24) is 7.79 Å². The Bertz CT molecular complexity index is 145. The lowest BCUT2D eigenvalue weighted by atomic mass is 13.7. The van der Waals surface area contributed by atoms with Gasteiger partial charge in [-0.05, 0) is 0 Å². The smallest absolute Gasteiger partial charge is 0.376 e. The van der Waals surface area contributed by atoms with Crippen LogP contribution in [-0.2, 0) is 0 Å². The Kier molecular flexibility index (Phi) is 7.13. The molecule has 0 aliphatic carbocycles. The predicted octanol–water partition coefficient (Wildman–Crippen LogP) is -0.546. The molecule has 13 heavy (non-hydrogen) atoms. The van der Waals surface area contributed by atoms with Crippen molar-refractivity contribution in [1.29, 1.82) is 0 Å². The van der Waals surface area contributed by atoms with Crippen molar-refractivity contribution in [3.8, 4) is 0 Å². The monoisotopic (exact) mass is 386 g/mol. The molecule has 0 bridgehead atoms. The highest BCUT2D eigenvalue weighted by atomic mass is 35.8. The van der Waals surface area contributed by atoms with Crippen molar-refractivity contribution in [3.63, 3.8) is 0 Å². The first-order valence-electron chi connectivity index (χ1n) is 3.11. The van der Waals surface area contributed by atoms with Gasteiger partial charge in [0.25, 0.3) is 0 Å².